The summed E-state index contributed by atoms with van der Waals surface area (Å²) in [7, 11) is 1.71. The Balaban J connectivity index is 1.73. The van der Waals surface area contributed by atoms with Crippen molar-refractivity contribution in [1.82, 2.24) is 4.57 Å². The zero-order valence-electron chi connectivity index (χ0n) is 17.8. The van der Waals surface area contributed by atoms with Gasteiger partial charge in [0, 0.05) is 11.1 Å². The maximum Gasteiger partial charge on any atom is 0.119 e. The van der Waals surface area contributed by atoms with Gasteiger partial charge in [0.2, 0.25) is 0 Å². The zero-order valence-corrected chi connectivity index (χ0v) is 17.8. The van der Waals surface area contributed by atoms with E-state index in [1.165, 1.54) is 11.3 Å². The molecule has 1 unspecified atom stereocenters. The van der Waals surface area contributed by atoms with Gasteiger partial charge in [-0.1, -0.05) is 72.8 Å². The van der Waals surface area contributed by atoms with Gasteiger partial charge in [0.05, 0.1) is 35.6 Å². The lowest BCUT2D eigenvalue weighted by Gasteiger charge is -2.20. The zero-order chi connectivity index (χ0) is 21.5. The Labute approximate surface area is 187 Å². The molecule has 0 fully saturated rings. The summed E-state index contributed by atoms with van der Waals surface area (Å²) >= 11 is 0. The molecular weight excluding hydrogens is 392 g/mol. The fourth-order valence-electron chi connectivity index (χ4n) is 4.72. The minimum absolute atomic E-state index is 0.00982. The molecule has 6 rings (SSSR count). The third-order valence-electron chi connectivity index (χ3n) is 6.17. The Bertz CT molecular complexity index is 1450. The van der Waals surface area contributed by atoms with E-state index in [0.29, 0.717) is 0 Å². The molecule has 1 aliphatic rings. The topological polar surface area (TPSA) is 26.5 Å². The second-order valence-corrected chi connectivity index (χ2v) is 8.02. The van der Waals surface area contributed by atoms with E-state index in [0.717, 1.165) is 39.3 Å². The van der Waals surface area contributed by atoms with Crippen molar-refractivity contribution in [3.63, 3.8) is 0 Å². The van der Waals surface area contributed by atoms with Crippen molar-refractivity contribution in [2.75, 3.05) is 7.11 Å². The molecule has 3 nitrogen and oxygen atoms in total. The first-order valence-corrected chi connectivity index (χ1v) is 10.8. The average Bonchev–Trinajstić information content (AvgIpc) is 3.16. The lowest BCUT2D eigenvalue weighted by atomic mass is 9.87. The third kappa shape index (κ3) is 2.94. The Morgan fingerprint density at radius 1 is 0.750 bits per heavy atom. The molecule has 0 amide bonds. The van der Waals surface area contributed by atoms with Gasteiger partial charge in [0.1, 0.15) is 5.75 Å². The van der Waals surface area contributed by atoms with Gasteiger partial charge in [-0.3, -0.25) is 0 Å². The Hall–Kier alpha value is -4.11. The van der Waals surface area contributed by atoms with Crippen LogP contribution in [0.5, 0.6) is 5.75 Å². The first kappa shape index (κ1) is 18.6. The molecule has 2 heterocycles. The molecule has 1 aliphatic heterocycles. The highest BCUT2D eigenvalue weighted by atomic mass is 16.5. The van der Waals surface area contributed by atoms with Gasteiger partial charge < -0.3 is 9.30 Å². The van der Waals surface area contributed by atoms with Crippen molar-refractivity contribution in [3.8, 4) is 11.4 Å². The number of fused-ring (bicyclic) bond motifs is 5. The van der Waals surface area contributed by atoms with Crippen molar-refractivity contribution in [2.45, 2.75) is 5.92 Å². The fourth-order valence-corrected chi connectivity index (χ4v) is 4.72. The molecule has 0 N–H and O–H groups in total. The average molecular weight is 415 g/mol. The van der Waals surface area contributed by atoms with Crippen molar-refractivity contribution in [1.29, 1.82) is 0 Å². The number of ether oxygens (including phenoxy) is 1. The van der Waals surface area contributed by atoms with Crippen molar-refractivity contribution >= 4 is 22.3 Å². The molecule has 154 valence electrons. The Morgan fingerprint density at radius 2 is 1.47 bits per heavy atom. The largest absolute Gasteiger partial charge is 0.497 e. The highest BCUT2D eigenvalue weighted by Crippen LogP contribution is 2.42. The van der Waals surface area contributed by atoms with E-state index in [1.807, 2.05) is 6.07 Å². The molecule has 0 spiro atoms. The van der Waals surface area contributed by atoms with E-state index in [9.17, 15) is 0 Å². The summed E-state index contributed by atoms with van der Waals surface area (Å²) in [4.78, 5) is 5.27. The van der Waals surface area contributed by atoms with E-state index in [4.69, 9.17) is 9.73 Å². The van der Waals surface area contributed by atoms with Gasteiger partial charge in [-0.2, -0.15) is 0 Å². The van der Waals surface area contributed by atoms with Crippen LogP contribution in [-0.2, 0) is 0 Å². The summed E-state index contributed by atoms with van der Waals surface area (Å²) in [6.07, 6.45) is 0. The van der Waals surface area contributed by atoms with Crippen LogP contribution in [0.15, 0.2) is 114 Å². The molecule has 0 saturated carbocycles. The van der Waals surface area contributed by atoms with Gasteiger partial charge in [-0.05, 0) is 47.5 Å². The minimum Gasteiger partial charge on any atom is -0.497 e. The van der Waals surface area contributed by atoms with Crippen LogP contribution in [0.4, 0.5) is 5.69 Å². The first-order valence-electron chi connectivity index (χ1n) is 10.8. The Morgan fingerprint density at radius 3 is 2.25 bits per heavy atom. The summed E-state index contributed by atoms with van der Waals surface area (Å²) in [5.41, 5.74) is 7.82. The summed E-state index contributed by atoms with van der Waals surface area (Å²) in [5.74, 6) is 0.851. The number of nitrogens with zero attached hydrogens (tertiary/aromatic N) is 2. The van der Waals surface area contributed by atoms with Crippen LogP contribution in [-0.4, -0.2) is 17.4 Å². The third-order valence-corrected chi connectivity index (χ3v) is 6.17. The summed E-state index contributed by atoms with van der Waals surface area (Å²) in [5, 5.41) is 1.16. The number of rotatable bonds is 3. The van der Waals surface area contributed by atoms with E-state index < -0.39 is 0 Å². The van der Waals surface area contributed by atoms with E-state index in [-0.39, 0.29) is 5.92 Å². The Kier molecular flexibility index (Phi) is 4.39. The van der Waals surface area contributed by atoms with Crippen LogP contribution >= 0.6 is 0 Å². The number of aromatic nitrogens is 1. The lowest BCUT2D eigenvalue weighted by Crippen LogP contribution is -2.17. The van der Waals surface area contributed by atoms with Gasteiger partial charge in [-0.25, -0.2) is 4.99 Å². The molecule has 1 aromatic heterocycles. The summed E-state index contributed by atoms with van der Waals surface area (Å²) in [6.45, 7) is 0. The number of benzene rings is 4. The van der Waals surface area contributed by atoms with Crippen molar-refractivity contribution in [3.05, 3.63) is 126 Å². The monoisotopic (exact) mass is 414 g/mol. The second kappa shape index (κ2) is 7.54. The first-order chi connectivity index (χ1) is 15.8. The van der Waals surface area contributed by atoms with E-state index in [2.05, 4.69) is 108 Å². The number of para-hydroxylation sites is 2. The number of hydrogen-bond acceptors (Lipinski definition) is 2. The molecule has 32 heavy (non-hydrogen) atoms. The smallest absolute Gasteiger partial charge is 0.119 e. The molecule has 0 bridgehead atoms. The molecule has 1 atom stereocenters. The van der Waals surface area contributed by atoms with Crippen LogP contribution in [0.1, 0.15) is 22.7 Å². The standard InChI is InChI=1S/C29H22N2O/c1-32-23-16-17-25-22(18-23)19-27-28(20-10-4-2-5-11-20)29(21-12-6-3-7-13-21)30-24-14-8-9-15-26(24)31(25)27/h2-19,28H,1H3. The number of hydrogen-bond donors (Lipinski definition) is 0. The predicted octanol–water partition coefficient (Wildman–Crippen LogP) is 6.91. The number of aliphatic imine (C=N–C) groups is 1. The maximum absolute atomic E-state index is 5.52. The summed E-state index contributed by atoms with van der Waals surface area (Å²) in [6, 6.07) is 38.1. The van der Waals surface area contributed by atoms with Crippen LogP contribution in [0.2, 0.25) is 0 Å². The van der Waals surface area contributed by atoms with Gasteiger partial charge in [0.15, 0.2) is 0 Å². The van der Waals surface area contributed by atoms with Crippen LogP contribution < -0.4 is 4.74 Å². The molecular formula is C29H22N2O. The van der Waals surface area contributed by atoms with Crippen LogP contribution in [0.25, 0.3) is 16.6 Å². The van der Waals surface area contributed by atoms with Gasteiger partial charge in [-0.15, -0.1) is 0 Å². The molecule has 0 saturated heterocycles. The lowest BCUT2D eigenvalue weighted by molar-refractivity contribution is 0.415. The molecule has 3 heteroatoms. The quantitative estimate of drug-likeness (QED) is 0.315. The summed E-state index contributed by atoms with van der Waals surface area (Å²) < 4.78 is 7.88. The number of methoxy groups -OCH3 is 1. The normalized spacial score (nSPS) is 14.9. The van der Waals surface area contributed by atoms with Crippen LogP contribution in [0.3, 0.4) is 0 Å². The van der Waals surface area contributed by atoms with Gasteiger partial charge in [0.25, 0.3) is 0 Å². The fraction of sp³-hybridized carbons (Fsp3) is 0.0690. The molecule has 5 aromatic rings. The van der Waals surface area contributed by atoms with E-state index in [1.54, 1.807) is 7.11 Å². The minimum atomic E-state index is -0.00982. The second-order valence-electron chi connectivity index (χ2n) is 8.02. The SMILES string of the molecule is COc1ccc2c(c1)cc1n2-c2ccccc2N=C(c2ccccc2)C1c1ccccc1. The van der Waals surface area contributed by atoms with Crippen molar-refractivity contribution < 1.29 is 4.74 Å². The highest BCUT2D eigenvalue weighted by Gasteiger charge is 2.30. The van der Waals surface area contributed by atoms with E-state index >= 15 is 0 Å². The van der Waals surface area contributed by atoms with Crippen LogP contribution in [0, 0.1) is 0 Å². The molecule has 4 aromatic carbocycles. The molecule has 0 aliphatic carbocycles. The van der Waals surface area contributed by atoms with Crippen molar-refractivity contribution in [2.24, 2.45) is 4.99 Å². The predicted molar refractivity (Wildman–Crippen MR) is 131 cm³/mol. The maximum atomic E-state index is 5.52. The highest BCUT2D eigenvalue weighted by molar-refractivity contribution is 6.10. The molecule has 0 radical (unpaired) electrons. The van der Waals surface area contributed by atoms with Gasteiger partial charge >= 0.3 is 0 Å².